The van der Waals surface area contributed by atoms with E-state index in [0.717, 1.165) is 17.5 Å². The third kappa shape index (κ3) is 4.86. The van der Waals surface area contributed by atoms with Gasteiger partial charge in [0.1, 0.15) is 24.2 Å². The molecule has 7 nitrogen and oxygen atoms in total. The fourth-order valence-corrected chi connectivity index (χ4v) is 5.08. The summed E-state index contributed by atoms with van der Waals surface area (Å²) in [6.07, 6.45) is 4.66. The summed E-state index contributed by atoms with van der Waals surface area (Å²) in [7, 11) is 4.88. The Kier molecular flexibility index (Phi) is 7.66. The van der Waals surface area contributed by atoms with Crippen molar-refractivity contribution in [3.8, 4) is 11.5 Å². The highest BCUT2D eigenvalue weighted by Gasteiger charge is 2.53. The van der Waals surface area contributed by atoms with Gasteiger partial charge in [-0.3, -0.25) is 4.79 Å². The Morgan fingerprint density at radius 1 is 1.03 bits per heavy atom. The van der Waals surface area contributed by atoms with Crippen LogP contribution in [0.1, 0.15) is 24.5 Å². The van der Waals surface area contributed by atoms with Gasteiger partial charge in [-0.15, -0.1) is 0 Å². The fraction of sp³-hybridized carbons (Fsp3) is 0.393. The minimum absolute atomic E-state index is 0.298. The van der Waals surface area contributed by atoms with Crippen molar-refractivity contribution in [1.29, 1.82) is 0 Å². The number of carbonyl (C=O) groups is 1. The molecular weight excluding hydrogens is 446 g/mol. The van der Waals surface area contributed by atoms with E-state index < -0.39 is 11.5 Å². The van der Waals surface area contributed by atoms with Gasteiger partial charge < -0.3 is 29.0 Å². The van der Waals surface area contributed by atoms with Crippen LogP contribution in [0.2, 0.25) is 0 Å². The molecule has 2 aliphatic rings. The highest BCUT2D eigenvalue weighted by molar-refractivity contribution is 5.78. The standard InChI is InChI=1S/C28H33NO6/c1-5-34-27(30)26-25-24(33-4)16-21(31-2)17-28(25,13-14-29-26)20-11-12-22(23(15-20)32-3)35-18-19-9-7-6-8-10-19/h6-12,15-17,25-26,29H,5,13-14,18H2,1-4H3/t25-,26+,28-/m1/s1. The average Bonchev–Trinajstić information content (AvgIpc) is 2.91. The maximum atomic E-state index is 13.0. The molecule has 7 heteroatoms. The first-order valence-electron chi connectivity index (χ1n) is 11.8. The molecule has 0 amide bonds. The fourth-order valence-electron chi connectivity index (χ4n) is 5.08. The normalized spacial score (nSPS) is 23.3. The number of benzene rings is 2. The van der Waals surface area contributed by atoms with E-state index >= 15 is 0 Å². The molecule has 1 aliphatic heterocycles. The van der Waals surface area contributed by atoms with Gasteiger partial charge in [0.15, 0.2) is 11.5 Å². The molecule has 186 valence electrons. The quantitative estimate of drug-likeness (QED) is 0.542. The minimum Gasteiger partial charge on any atom is -0.501 e. The molecule has 0 bridgehead atoms. The van der Waals surface area contributed by atoms with Crippen molar-refractivity contribution >= 4 is 5.97 Å². The Labute approximate surface area is 206 Å². The van der Waals surface area contributed by atoms with Crippen LogP contribution in [0.15, 0.2) is 72.2 Å². The van der Waals surface area contributed by atoms with E-state index in [2.05, 4.69) is 11.4 Å². The van der Waals surface area contributed by atoms with E-state index in [1.807, 2.05) is 61.5 Å². The summed E-state index contributed by atoms with van der Waals surface area (Å²) in [6.45, 7) is 3.18. The molecule has 1 N–H and O–H groups in total. The first-order valence-corrected chi connectivity index (χ1v) is 11.8. The summed E-state index contributed by atoms with van der Waals surface area (Å²) >= 11 is 0. The number of esters is 1. The number of allylic oxidation sites excluding steroid dienone is 2. The van der Waals surface area contributed by atoms with Crippen LogP contribution in [0, 0.1) is 5.92 Å². The van der Waals surface area contributed by atoms with E-state index in [1.54, 1.807) is 21.3 Å². The second-order valence-corrected chi connectivity index (χ2v) is 8.59. The highest BCUT2D eigenvalue weighted by atomic mass is 16.5. The van der Waals surface area contributed by atoms with Gasteiger partial charge >= 0.3 is 5.97 Å². The van der Waals surface area contributed by atoms with Gasteiger partial charge in [0.2, 0.25) is 0 Å². The molecule has 0 saturated carbocycles. The predicted octanol–water partition coefficient (Wildman–Crippen LogP) is 4.13. The number of fused-ring (bicyclic) bond motifs is 1. The van der Waals surface area contributed by atoms with Crippen LogP contribution in [0.4, 0.5) is 0 Å². The van der Waals surface area contributed by atoms with Crippen LogP contribution in [-0.4, -0.2) is 46.5 Å². The van der Waals surface area contributed by atoms with Crippen LogP contribution >= 0.6 is 0 Å². The van der Waals surface area contributed by atoms with Crippen LogP contribution in [0.3, 0.4) is 0 Å². The summed E-state index contributed by atoms with van der Waals surface area (Å²) in [4.78, 5) is 13.0. The van der Waals surface area contributed by atoms with Gasteiger partial charge in [0.05, 0.1) is 33.9 Å². The van der Waals surface area contributed by atoms with Crippen LogP contribution in [-0.2, 0) is 31.0 Å². The number of nitrogens with one attached hydrogen (secondary N) is 1. The molecule has 3 atom stereocenters. The number of carbonyl (C=O) groups excluding carboxylic acids is 1. The molecule has 1 saturated heterocycles. The van der Waals surface area contributed by atoms with Crippen molar-refractivity contribution in [3.63, 3.8) is 0 Å². The first kappa shape index (κ1) is 24.7. The number of hydrogen-bond donors (Lipinski definition) is 1. The SMILES string of the molecule is CCOC(=O)[C@H]1NCC[C@]2(c3ccc(OCc4ccccc4)c(OC)c3)C=C(OC)C=C(OC)[C@H]12. The van der Waals surface area contributed by atoms with Crippen molar-refractivity contribution in [2.75, 3.05) is 34.5 Å². The van der Waals surface area contributed by atoms with Gasteiger partial charge in [0.25, 0.3) is 0 Å². The van der Waals surface area contributed by atoms with E-state index in [1.165, 1.54) is 0 Å². The smallest absolute Gasteiger partial charge is 0.323 e. The lowest BCUT2D eigenvalue weighted by Gasteiger charge is -2.48. The van der Waals surface area contributed by atoms with E-state index in [0.29, 0.717) is 42.8 Å². The zero-order valence-corrected chi connectivity index (χ0v) is 20.7. The molecule has 35 heavy (non-hydrogen) atoms. The molecule has 0 spiro atoms. The predicted molar refractivity (Wildman–Crippen MR) is 132 cm³/mol. The van der Waals surface area contributed by atoms with Crippen LogP contribution in [0.25, 0.3) is 0 Å². The second-order valence-electron chi connectivity index (χ2n) is 8.59. The zero-order chi connectivity index (χ0) is 24.8. The number of rotatable bonds is 9. The van der Waals surface area contributed by atoms with Crippen molar-refractivity contribution in [1.82, 2.24) is 5.32 Å². The molecular formula is C28H33NO6. The summed E-state index contributed by atoms with van der Waals surface area (Å²) in [5.41, 5.74) is 1.49. The summed E-state index contributed by atoms with van der Waals surface area (Å²) in [6, 6.07) is 15.4. The third-order valence-electron chi connectivity index (χ3n) is 6.73. The first-order chi connectivity index (χ1) is 17.1. The number of methoxy groups -OCH3 is 3. The molecule has 2 aromatic rings. The van der Waals surface area contributed by atoms with Crippen LogP contribution in [0.5, 0.6) is 11.5 Å². The van der Waals surface area contributed by atoms with E-state index in [-0.39, 0.29) is 11.9 Å². The van der Waals surface area contributed by atoms with Gasteiger partial charge in [-0.05, 0) is 49.2 Å². The highest BCUT2D eigenvalue weighted by Crippen LogP contribution is 2.50. The van der Waals surface area contributed by atoms with E-state index in [9.17, 15) is 4.79 Å². The minimum atomic E-state index is -0.570. The summed E-state index contributed by atoms with van der Waals surface area (Å²) < 4.78 is 28.7. The van der Waals surface area contributed by atoms with Gasteiger partial charge in [-0.25, -0.2) is 0 Å². The molecule has 2 aromatic carbocycles. The molecule has 0 aromatic heterocycles. The largest absolute Gasteiger partial charge is 0.501 e. The maximum absolute atomic E-state index is 13.0. The lowest BCUT2D eigenvalue weighted by molar-refractivity contribution is -0.148. The van der Waals surface area contributed by atoms with Crippen molar-refractivity contribution in [2.24, 2.45) is 5.92 Å². The molecule has 1 fully saturated rings. The molecule has 1 heterocycles. The van der Waals surface area contributed by atoms with Gasteiger partial charge in [-0.1, -0.05) is 36.4 Å². The lowest BCUT2D eigenvalue weighted by Crippen LogP contribution is -2.59. The van der Waals surface area contributed by atoms with Gasteiger partial charge in [0, 0.05) is 11.5 Å². The van der Waals surface area contributed by atoms with Crippen molar-refractivity contribution in [3.05, 3.63) is 83.3 Å². The van der Waals surface area contributed by atoms with Gasteiger partial charge in [-0.2, -0.15) is 0 Å². The lowest BCUT2D eigenvalue weighted by atomic mass is 9.60. The zero-order valence-electron chi connectivity index (χ0n) is 20.7. The molecule has 0 unspecified atom stereocenters. The summed E-state index contributed by atoms with van der Waals surface area (Å²) in [5.74, 6) is 2.01. The van der Waals surface area contributed by atoms with Crippen molar-refractivity contribution < 1.29 is 28.5 Å². The Balaban J connectivity index is 1.74. The van der Waals surface area contributed by atoms with E-state index in [4.69, 9.17) is 23.7 Å². The van der Waals surface area contributed by atoms with Crippen LogP contribution < -0.4 is 14.8 Å². The molecule has 1 aliphatic carbocycles. The number of piperidine rings is 1. The van der Waals surface area contributed by atoms with Crippen molar-refractivity contribution in [2.45, 2.75) is 31.4 Å². The number of hydrogen-bond acceptors (Lipinski definition) is 7. The Morgan fingerprint density at radius 2 is 1.83 bits per heavy atom. The Morgan fingerprint density at radius 3 is 2.51 bits per heavy atom. The Bertz CT molecular complexity index is 1100. The topological polar surface area (TPSA) is 75.3 Å². The number of ether oxygens (including phenoxy) is 5. The maximum Gasteiger partial charge on any atom is 0.323 e. The molecule has 4 rings (SSSR count). The molecule has 0 radical (unpaired) electrons. The summed E-state index contributed by atoms with van der Waals surface area (Å²) in [5, 5.41) is 3.35. The monoisotopic (exact) mass is 479 g/mol. The third-order valence-corrected chi connectivity index (χ3v) is 6.73. The second kappa shape index (κ2) is 10.9. The Hall–Kier alpha value is -3.45. The average molecular weight is 480 g/mol.